The molecule has 2 atom stereocenters. The zero-order chi connectivity index (χ0) is 27.2. The predicted molar refractivity (Wildman–Crippen MR) is 135 cm³/mol. The molecule has 2 aromatic rings. The quantitative estimate of drug-likeness (QED) is 0.591. The van der Waals surface area contributed by atoms with Crippen LogP contribution in [0.2, 0.25) is 0 Å². The van der Waals surface area contributed by atoms with Crippen LogP contribution in [0.1, 0.15) is 74.0 Å². The summed E-state index contributed by atoms with van der Waals surface area (Å²) >= 11 is 0. The van der Waals surface area contributed by atoms with E-state index < -0.39 is 17.7 Å². The van der Waals surface area contributed by atoms with Gasteiger partial charge in [0.15, 0.2) is 5.69 Å². The number of carboxylic acid groups (broad SMARTS) is 1. The van der Waals surface area contributed by atoms with E-state index in [4.69, 9.17) is 5.11 Å². The zero-order valence-electron chi connectivity index (χ0n) is 21.7. The van der Waals surface area contributed by atoms with Crippen LogP contribution in [0.3, 0.4) is 0 Å². The predicted octanol–water partition coefficient (Wildman–Crippen LogP) is 5.08. The molecule has 5 rings (SSSR count). The number of likely N-dealkylation sites (tertiary alicyclic amines) is 2. The summed E-state index contributed by atoms with van der Waals surface area (Å²) < 4.78 is 42.0. The van der Waals surface area contributed by atoms with Crippen molar-refractivity contribution in [1.82, 2.24) is 19.6 Å². The number of aromatic carboxylic acids is 1. The normalized spacial score (nSPS) is 23.9. The molecule has 0 aliphatic carbocycles. The molecule has 0 saturated carbocycles. The molecule has 0 radical (unpaired) electrons. The molecule has 1 spiro atoms. The SMILES string of the molecule is C[C@H]1CC[C@H](C)N1c1cc(C(F)(F)F)ccc1CN1CCCC12CCN(C(=O)n1ccc(C(=O)O)n1)CC2. The number of alkyl halides is 3. The smallest absolute Gasteiger partial charge is 0.416 e. The standard InChI is InChI=1S/C27H34F3N5O3/c1-18-4-5-19(2)35(18)23-16-21(27(28,29)30)7-6-20(23)17-33-12-3-9-26(33)10-14-32(15-11-26)25(38)34-13-8-22(31-34)24(36)37/h6-8,13,16,18-19H,3-5,9-12,14-15,17H2,1-2H3,(H,36,37)/t18-,19-/m0/s1. The Labute approximate surface area is 220 Å². The fourth-order valence-electron chi connectivity index (χ4n) is 6.60. The van der Waals surface area contributed by atoms with E-state index in [2.05, 4.69) is 28.7 Å². The molecule has 1 amide bonds. The molecule has 11 heteroatoms. The van der Waals surface area contributed by atoms with Crippen molar-refractivity contribution in [1.29, 1.82) is 0 Å². The van der Waals surface area contributed by atoms with Gasteiger partial charge in [-0.1, -0.05) is 6.07 Å². The minimum atomic E-state index is -4.40. The van der Waals surface area contributed by atoms with Gasteiger partial charge in [-0.2, -0.15) is 23.0 Å². The maximum absolute atomic E-state index is 13.6. The van der Waals surface area contributed by atoms with E-state index in [1.54, 1.807) is 11.0 Å². The molecule has 3 aliphatic rings. The van der Waals surface area contributed by atoms with Crippen molar-refractivity contribution in [2.24, 2.45) is 0 Å². The van der Waals surface area contributed by atoms with E-state index in [1.807, 2.05) is 0 Å². The van der Waals surface area contributed by atoms with Gasteiger partial charge in [0, 0.05) is 49.1 Å². The molecule has 8 nitrogen and oxygen atoms in total. The van der Waals surface area contributed by atoms with Crippen LogP contribution in [-0.2, 0) is 12.7 Å². The van der Waals surface area contributed by atoms with Gasteiger partial charge < -0.3 is 14.9 Å². The number of amides is 1. The first kappa shape index (κ1) is 26.5. The summed E-state index contributed by atoms with van der Waals surface area (Å²) in [5, 5.41) is 12.9. The van der Waals surface area contributed by atoms with Gasteiger partial charge in [-0.05, 0) is 82.7 Å². The number of anilines is 1. The number of halogens is 3. The Balaban J connectivity index is 1.34. The van der Waals surface area contributed by atoms with Gasteiger partial charge in [0.05, 0.1) is 5.56 Å². The van der Waals surface area contributed by atoms with Crippen molar-refractivity contribution in [2.45, 2.75) is 82.7 Å². The summed E-state index contributed by atoms with van der Waals surface area (Å²) in [6, 6.07) is 5.48. The third-order valence-electron chi connectivity index (χ3n) is 8.71. The topological polar surface area (TPSA) is 81.9 Å². The maximum atomic E-state index is 13.6. The van der Waals surface area contributed by atoms with Crippen LogP contribution in [0.25, 0.3) is 0 Å². The van der Waals surface area contributed by atoms with Crippen LogP contribution in [0, 0.1) is 0 Å². The molecule has 3 saturated heterocycles. The van der Waals surface area contributed by atoms with Gasteiger partial charge in [-0.3, -0.25) is 4.90 Å². The molecule has 1 aromatic heterocycles. The first-order chi connectivity index (χ1) is 18.0. The van der Waals surface area contributed by atoms with Gasteiger partial charge in [-0.25, -0.2) is 9.59 Å². The maximum Gasteiger partial charge on any atom is 0.416 e. The van der Waals surface area contributed by atoms with E-state index in [1.165, 1.54) is 24.4 Å². The largest absolute Gasteiger partial charge is 0.476 e. The van der Waals surface area contributed by atoms with E-state index in [0.29, 0.717) is 25.3 Å². The number of carboxylic acids is 1. The highest BCUT2D eigenvalue weighted by molar-refractivity contribution is 5.86. The van der Waals surface area contributed by atoms with Crippen molar-refractivity contribution in [3.8, 4) is 0 Å². The third kappa shape index (κ3) is 4.88. The number of carbonyl (C=O) groups is 2. The van der Waals surface area contributed by atoms with Gasteiger partial charge in [0.25, 0.3) is 0 Å². The molecule has 3 fully saturated rings. The Bertz CT molecular complexity index is 1190. The monoisotopic (exact) mass is 533 g/mol. The first-order valence-electron chi connectivity index (χ1n) is 13.3. The van der Waals surface area contributed by atoms with Crippen LogP contribution in [-0.4, -0.2) is 73.9 Å². The number of piperidine rings is 1. The molecule has 1 aromatic carbocycles. The third-order valence-corrected chi connectivity index (χ3v) is 8.71. The van der Waals surface area contributed by atoms with Crippen molar-refractivity contribution in [3.05, 3.63) is 47.3 Å². The van der Waals surface area contributed by atoms with Gasteiger partial charge in [-0.15, -0.1) is 0 Å². The summed E-state index contributed by atoms with van der Waals surface area (Å²) in [5.41, 5.74) is 0.684. The summed E-state index contributed by atoms with van der Waals surface area (Å²) in [6.45, 7) is 6.61. The van der Waals surface area contributed by atoms with Gasteiger partial charge in [0.1, 0.15) is 0 Å². The second-order valence-corrected chi connectivity index (χ2v) is 11.0. The van der Waals surface area contributed by atoms with Crippen molar-refractivity contribution in [2.75, 3.05) is 24.5 Å². The fraction of sp³-hybridized carbons (Fsp3) is 0.593. The number of carbonyl (C=O) groups excluding carboxylic acids is 1. The minimum Gasteiger partial charge on any atom is -0.476 e. The Morgan fingerprint density at radius 1 is 1.05 bits per heavy atom. The van der Waals surface area contributed by atoms with Crippen molar-refractivity contribution in [3.63, 3.8) is 0 Å². The number of aromatic nitrogens is 2. The van der Waals surface area contributed by atoms with E-state index in [-0.39, 0.29) is 29.3 Å². The summed E-state index contributed by atoms with van der Waals surface area (Å²) in [5.74, 6) is -1.18. The number of nitrogens with zero attached hydrogens (tertiary/aromatic N) is 5. The molecule has 38 heavy (non-hydrogen) atoms. The minimum absolute atomic E-state index is 0.116. The second kappa shape index (κ2) is 9.91. The molecule has 206 valence electrons. The Morgan fingerprint density at radius 3 is 2.34 bits per heavy atom. The molecular weight excluding hydrogens is 499 g/mol. The lowest BCUT2D eigenvalue weighted by molar-refractivity contribution is -0.137. The second-order valence-electron chi connectivity index (χ2n) is 11.0. The van der Waals surface area contributed by atoms with Crippen LogP contribution < -0.4 is 4.90 Å². The zero-order valence-corrected chi connectivity index (χ0v) is 21.7. The molecule has 3 aliphatic heterocycles. The molecular formula is C27H34F3N5O3. The molecule has 1 N–H and O–H groups in total. The summed E-state index contributed by atoms with van der Waals surface area (Å²) in [4.78, 5) is 30.3. The Morgan fingerprint density at radius 2 is 1.74 bits per heavy atom. The molecule has 0 bridgehead atoms. The number of hydrogen-bond donors (Lipinski definition) is 1. The Kier molecular flexibility index (Phi) is 6.91. The highest BCUT2D eigenvalue weighted by Crippen LogP contribution is 2.43. The lowest BCUT2D eigenvalue weighted by Gasteiger charge is -2.45. The first-order valence-corrected chi connectivity index (χ1v) is 13.3. The van der Waals surface area contributed by atoms with E-state index in [0.717, 1.165) is 55.3 Å². The molecule has 0 unspecified atom stereocenters. The van der Waals surface area contributed by atoms with Crippen LogP contribution in [0.4, 0.5) is 23.7 Å². The van der Waals surface area contributed by atoms with E-state index >= 15 is 0 Å². The highest BCUT2D eigenvalue weighted by Gasteiger charge is 2.44. The van der Waals surface area contributed by atoms with E-state index in [9.17, 15) is 22.8 Å². The van der Waals surface area contributed by atoms with Crippen molar-refractivity contribution >= 4 is 17.7 Å². The fourth-order valence-corrected chi connectivity index (χ4v) is 6.60. The number of hydrogen-bond acceptors (Lipinski definition) is 5. The van der Waals surface area contributed by atoms with Crippen LogP contribution in [0.5, 0.6) is 0 Å². The number of rotatable bonds is 4. The summed E-state index contributed by atoms with van der Waals surface area (Å²) in [7, 11) is 0. The summed E-state index contributed by atoms with van der Waals surface area (Å²) in [6.07, 6.45) is 2.36. The average Bonchev–Trinajstić information content (AvgIpc) is 3.59. The van der Waals surface area contributed by atoms with Crippen LogP contribution >= 0.6 is 0 Å². The van der Waals surface area contributed by atoms with Crippen LogP contribution in [0.15, 0.2) is 30.5 Å². The number of benzene rings is 1. The lowest BCUT2D eigenvalue weighted by Crippen LogP contribution is -2.53. The molecule has 4 heterocycles. The van der Waals surface area contributed by atoms with Crippen molar-refractivity contribution < 1.29 is 27.9 Å². The highest BCUT2D eigenvalue weighted by atomic mass is 19.4. The Hall–Kier alpha value is -3.08. The van der Waals surface area contributed by atoms with Gasteiger partial charge >= 0.3 is 18.2 Å². The average molecular weight is 534 g/mol. The van der Waals surface area contributed by atoms with Gasteiger partial charge in [0.2, 0.25) is 0 Å². The lowest BCUT2D eigenvalue weighted by atomic mass is 9.84.